The number of aromatic nitrogens is 2. The standard InChI is InChI=1S/C40H24N2S/c1-3-11-25(12-4-1)34-24-35(26-13-5-2-6-14-26)42-40(41-34)28-16-9-15-27(21-28)29-22-33-31-18-8-7-17-30(31)32-19-10-20-36-38(32)39(33)37(23-29)43-36/h1-24H. The van der Waals surface area contributed by atoms with Gasteiger partial charge in [0.25, 0.3) is 0 Å². The van der Waals surface area contributed by atoms with Crippen LogP contribution in [0, 0.1) is 0 Å². The van der Waals surface area contributed by atoms with Crippen LogP contribution in [0.5, 0.6) is 0 Å². The van der Waals surface area contributed by atoms with Gasteiger partial charge in [0, 0.05) is 36.9 Å². The molecule has 0 radical (unpaired) electrons. The van der Waals surface area contributed by atoms with Gasteiger partial charge < -0.3 is 0 Å². The summed E-state index contributed by atoms with van der Waals surface area (Å²) < 4.78 is 2.66. The van der Waals surface area contributed by atoms with Crippen molar-refractivity contribution in [2.75, 3.05) is 0 Å². The fraction of sp³-hybridized carbons (Fsp3) is 0. The van der Waals surface area contributed by atoms with Crippen LogP contribution in [0.3, 0.4) is 0 Å². The first-order valence-electron chi connectivity index (χ1n) is 14.5. The highest BCUT2D eigenvalue weighted by atomic mass is 32.1. The maximum atomic E-state index is 5.08. The van der Waals surface area contributed by atoms with E-state index in [-0.39, 0.29) is 0 Å². The quantitative estimate of drug-likeness (QED) is 0.199. The normalized spacial score (nSPS) is 11.7. The van der Waals surface area contributed by atoms with Crippen LogP contribution in [0.2, 0.25) is 0 Å². The molecular formula is C40H24N2S. The van der Waals surface area contributed by atoms with Crippen LogP contribution in [0.1, 0.15) is 0 Å². The molecule has 0 spiro atoms. The monoisotopic (exact) mass is 564 g/mol. The number of thiophene rings is 1. The van der Waals surface area contributed by atoms with E-state index in [1.54, 1.807) is 0 Å². The maximum Gasteiger partial charge on any atom is 0.160 e. The molecule has 9 rings (SSSR count). The van der Waals surface area contributed by atoms with Gasteiger partial charge in [-0.25, -0.2) is 9.97 Å². The molecule has 2 nitrogen and oxygen atoms in total. The van der Waals surface area contributed by atoms with Crippen molar-refractivity contribution < 1.29 is 0 Å². The Labute approximate surface area is 252 Å². The van der Waals surface area contributed by atoms with Crippen molar-refractivity contribution in [3.8, 4) is 45.0 Å². The van der Waals surface area contributed by atoms with Crippen molar-refractivity contribution in [1.29, 1.82) is 0 Å². The lowest BCUT2D eigenvalue weighted by molar-refractivity contribution is 1.18. The van der Waals surface area contributed by atoms with E-state index in [0.717, 1.165) is 39.5 Å². The molecule has 2 aromatic heterocycles. The Morgan fingerprint density at radius 1 is 0.349 bits per heavy atom. The van der Waals surface area contributed by atoms with E-state index in [0.29, 0.717) is 0 Å². The number of fused-ring (bicyclic) bond motifs is 3. The van der Waals surface area contributed by atoms with Crippen molar-refractivity contribution >= 4 is 53.1 Å². The summed E-state index contributed by atoms with van der Waals surface area (Å²) in [6, 6.07) is 51.7. The molecule has 0 aliphatic carbocycles. The zero-order chi connectivity index (χ0) is 28.3. The third-order valence-corrected chi connectivity index (χ3v) is 9.53. The topological polar surface area (TPSA) is 25.8 Å². The lowest BCUT2D eigenvalue weighted by atomic mass is 9.92. The molecule has 0 bridgehead atoms. The summed E-state index contributed by atoms with van der Waals surface area (Å²) in [5.41, 5.74) is 7.35. The first-order chi connectivity index (χ1) is 21.3. The van der Waals surface area contributed by atoms with Gasteiger partial charge in [-0.15, -0.1) is 11.3 Å². The Balaban J connectivity index is 1.25. The number of hydrogen-bond acceptors (Lipinski definition) is 3. The van der Waals surface area contributed by atoms with Crippen LogP contribution in [0.15, 0.2) is 146 Å². The van der Waals surface area contributed by atoms with E-state index in [4.69, 9.17) is 9.97 Å². The van der Waals surface area contributed by atoms with Gasteiger partial charge in [-0.3, -0.25) is 0 Å². The Morgan fingerprint density at radius 3 is 1.63 bits per heavy atom. The Kier molecular flexibility index (Phi) is 5.40. The lowest BCUT2D eigenvalue weighted by Gasteiger charge is -2.12. The summed E-state index contributed by atoms with van der Waals surface area (Å²) >= 11 is 1.88. The van der Waals surface area contributed by atoms with Crippen molar-refractivity contribution in [2.24, 2.45) is 0 Å². The van der Waals surface area contributed by atoms with E-state index < -0.39 is 0 Å². The van der Waals surface area contributed by atoms with Gasteiger partial charge in [-0.2, -0.15) is 0 Å². The van der Waals surface area contributed by atoms with Crippen molar-refractivity contribution in [3.63, 3.8) is 0 Å². The molecule has 3 heteroatoms. The number of nitrogens with zero attached hydrogens (tertiary/aromatic N) is 2. The fourth-order valence-electron chi connectivity index (χ4n) is 6.43. The highest BCUT2D eigenvalue weighted by Crippen LogP contribution is 2.46. The largest absolute Gasteiger partial charge is 0.228 e. The summed E-state index contributed by atoms with van der Waals surface area (Å²) in [4.78, 5) is 10.2. The predicted molar refractivity (Wildman–Crippen MR) is 183 cm³/mol. The van der Waals surface area contributed by atoms with E-state index in [9.17, 15) is 0 Å². The van der Waals surface area contributed by atoms with Gasteiger partial charge in [0.1, 0.15) is 0 Å². The Hall–Kier alpha value is -5.38. The molecule has 0 atom stereocenters. The van der Waals surface area contributed by atoms with Crippen LogP contribution in [-0.2, 0) is 0 Å². The molecule has 2 heterocycles. The van der Waals surface area contributed by atoms with E-state index in [1.807, 2.05) is 23.5 Å². The molecule has 200 valence electrons. The first-order valence-corrected chi connectivity index (χ1v) is 15.3. The molecule has 43 heavy (non-hydrogen) atoms. The Bertz CT molecular complexity index is 2380. The second-order valence-corrected chi connectivity index (χ2v) is 12.1. The highest BCUT2D eigenvalue weighted by Gasteiger charge is 2.17. The van der Waals surface area contributed by atoms with E-state index in [2.05, 4.69) is 133 Å². The minimum atomic E-state index is 0.723. The number of rotatable bonds is 4. The van der Waals surface area contributed by atoms with Gasteiger partial charge in [-0.1, -0.05) is 115 Å². The van der Waals surface area contributed by atoms with Gasteiger partial charge in [0.2, 0.25) is 0 Å². The van der Waals surface area contributed by atoms with Crippen LogP contribution in [0.25, 0.3) is 86.7 Å². The smallest absolute Gasteiger partial charge is 0.160 e. The van der Waals surface area contributed by atoms with Gasteiger partial charge in [0.05, 0.1) is 11.4 Å². The third kappa shape index (κ3) is 3.93. The van der Waals surface area contributed by atoms with E-state index in [1.165, 1.54) is 47.3 Å². The average molecular weight is 565 g/mol. The molecule has 7 aromatic carbocycles. The average Bonchev–Trinajstić information content (AvgIpc) is 3.47. The lowest BCUT2D eigenvalue weighted by Crippen LogP contribution is -1.96. The van der Waals surface area contributed by atoms with Crippen LogP contribution >= 0.6 is 11.3 Å². The summed E-state index contributed by atoms with van der Waals surface area (Å²) in [7, 11) is 0. The van der Waals surface area contributed by atoms with Gasteiger partial charge >= 0.3 is 0 Å². The third-order valence-electron chi connectivity index (χ3n) is 8.43. The van der Waals surface area contributed by atoms with Gasteiger partial charge in [0.15, 0.2) is 5.82 Å². The summed E-state index contributed by atoms with van der Waals surface area (Å²) in [6.07, 6.45) is 0. The molecule has 0 amide bonds. The van der Waals surface area contributed by atoms with Crippen LogP contribution in [0.4, 0.5) is 0 Å². The first kappa shape index (κ1) is 24.2. The molecule has 0 N–H and O–H groups in total. The summed E-state index contributed by atoms with van der Waals surface area (Å²) in [5.74, 6) is 0.723. The van der Waals surface area contributed by atoms with Crippen molar-refractivity contribution in [1.82, 2.24) is 9.97 Å². The predicted octanol–water partition coefficient (Wildman–Crippen LogP) is 11.3. The molecule has 0 saturated carbocycles. The molecule has 9 aromatic rings. The van der Waals surface area contributed by atoms with E-state index >= 15 is 0 Å². The van der Waals surface area contributed by atoms with Crippen LogP contribution < -0.4 is 0 Å². The van der Waals surface area contributed by atoms with Crippen molar-refractivity contribution in [3.05, 3.63) is 146 Å². The molecular weight excluding hydrogens is 541 g/mol. The summed E-state index contributed by atoms with van der Waals surface area (Å²) in [6.45, 7) is 0. The summed E-state index contributed by atoms with van der Waals surface area (Å²) in [5, 5.41) is 8.02. The van der Waals surface area contributed by atoms with Crippen molar-refractivity contribution in [2.45, 2.75) is 0 Å². The number of hydrogen-bond donors (Lipinski definition) is 0. The SMILES string of the molecule is c1ccc(-c2cc(-c3ccccc3)nc(-c3cccc(-c4cc5sc6cccc7c8ccccc8c(c4)c5c67)c3)n2)cc1. The second kappa shape index (κ2) is 9.59. The molecule has 0 saturated heterocycles. The zero-order valence-corrected chi connectivity index (χ0v) is 24.0. The minimum absolute atomic E-state index is 0.723. The maximum absolute atomic E-state index is 5.08. The molecule has 0 unspecified atom stereocenters. The second-order valence-electron chi connectivity index (χ2n) is 11.0. The van der Waals surface area contributed by atoms with Gasteiger partial charge in [-0.05, 0) is 63.0 Å². The Morgan fingerprint density at radius 2 is 0.907 bits per heavy atom. The molecule has 0 aliphatic rings. The number of benzene rings is 7. The highest BCUT2D eigenvalue weighted by molar-refractivity contribution is 7.26. The minimum Gasteiger partial charge on any atom is -0.228 e. The zero-order valence-electron chi connectivity index (χ0n) is 23.2. The molecule has 0 fully saturated rings. The van der Waals surface area contributed by atoms with Crippen LogP contribution in [-0.4, -0.2) is 9.97 Å². The molecule has 0 aliphatic heterocycles. The fourth-order valence-corrected chi connectivity index (χ4v) is 7.63.